The fourth-order valence-corrected chi connectivity index (χ4v) is 3.24. The van der Waals surface area contributed by atoms with Crippen molar-refractivity contribution in [2.75, 3.05) is 27.4 Å². The molecule has 0 aliphatic heterocycles. The second kappa shape index (κ2) is 12.2. The van der Waals surface area contributed by atoms with E-state index < -0.39 is 0 Å². The van der Waals surface area contributed by atoms with E-state index in [2.05, 4.69) is 27.1 Å². The van der Waals surface area contributed by atoms with E-state index in [-0.39, 0.29) is 30.0 Å². The Kier molecular flexibility index (Phi) is 8.79. The number of nitrogens with zero attached hydrogens (tertiary/aromatic N) is 2. The summed E-state index contributed by atoms with van der Waals surface area (Å²) in [6.45, 7) is 4.45. The number of methoxy groups -OCH3 is 2. The largest absolute Gasteiger partial charge is 0.493 e. The molecule has 9 heteroatoms. The number of ether oxygens (including phenoxy) is 3. The molecular weight excluding hydrogens is 436 g/mol. The van der Waals surface area contributed by atoms with Crippen molar-refractivity contribution < 1.29 is 19.0 Å². The molecule has 0 bridgehead atoms. The zero-order valence-corrected chi connectivity index (χ0v) is 19.3. The van der Waals surface area contributed by atoms with Gasteiger partial charge in [-0.05, 0) is 36.2 Å². The van der Waals surface area contributed by atoms with Gasteiger partial charge in [0.15, 0.2) is 17.3 Å². The van der Waals surface area contributed by atoms with E-state index >= 15 is 0 Å². The highest BCUT2D eigenvalue weighted by molar-refractivity contribution is 5.76. The number of rotatable bonds is 12. The molecule has 178 valence electrons. The van der Waals surface area contributed by atoms with Crippen LogP contribution in [0.5, 0.6) is 17.2 Å². The minimum atomic E-state index is -0.374. The molecule has 3 aromatic rings. The number of hydrogen-bond donors (Lipinski definition) is 2. The molecular formula is C25H28N4O5. The van der Waals surface area contributed by atoms with Crippen LogP contribution in [0.2, 0.25) is 0 Å². The Morgan fingerprint density at radius 2 is 1.91 bits per heavy atom. The first-order valence-corrected chi connectivity index (χ1v) is 10.8. The SMILES string of the molecule is C=CCOc1cccc(-c2nnc(CCC(=O)NCCc3ccc(OC)c(OC)c3)c(=O)[nH]2)c1. The van der Waals surface area contributed by atoms with E-state index in [4.69, 9.17) is 14.2 Å². The van der Waals surface area contributed by atoms with Crippen LogP contribution < -0.4 is 25.1 Å². The Labute approximate surface area is 197 Å². The lowest BCUT2D eigenvalue weighted by Crippen LogP contribution is -2.27. The maximum absolute atomic E-state index is 12.4. The van der Waals surface area contributed by atoms with Gasteiger partial charge < -0.3 is 24.5 Å². The van der Waals surface area contributed by atoms with Crippen LogP contribution in [0.25, 0.3) is 11.4 Å². The first kappa shape index (κ1) is 24.5. The Balaban J connectivity index is 1.51. The van der Waals surface area contributed by atoms with E-state index in [0.717, 1.165) is 5.56 Å². The van der Waals surface area contributed by atoms with Crippen LogP contribution in [-0.4, -0.2) is 48.5 Å². The zero-order valence-electron chi connectivity index (χ0n) is 19.3. The van der Waals surface area contributed by atoms with Gasteiger partial charge in [-0.2, -0.15) is 0 Å². The van der Waals surface area contributed by atoms with Crippen LogP contribution in [0.4, 0.5) is 0 Å². The molecule has 3 rings (SSSR count). The predicted octanol–water partition coefficient (Wildman–Crippen LogP) is 2.71. The summed E-state index contributed by atoms with van der Waals surface area (Å²) in [5.74, 6) is 2.09. The van der Waals surface area contributed by atoms with E-state index in [0.29, 0.717) is 48.2 Å². The highest BCUT2D eigenvalue weighted by atomic mass is 16.5. The van der Waals surface area contributed by atoms with Crippen molar-refractivity contribution in [3.05, 3.63) is 76.7 Å². The molecule has 0 aliphatic rings. The van der Waals surface area contributed by atoms with Crippen LogP contribution in [0.1, 0.15) is 17.7 Å². The molecule has 0 saturated carbocycles. The fraction of sp³-hybridized carbons (Fsp3) is 0.280. The molecule has 2 aromatic carbocycles. The van der Waals surface area contributed by atoms with Gasteiger partial charge in [-0.1, -0.05) is 30.9 Å². The van der Waals surface area contributed by atoms with E-state index in [1.54, 1.807) is 44.6 Å². The summed E-state index contributed by atoms with van der Waals surface area (Å²) >= 11 is 0. The average molecular weight is 465 g/mol. The number of aromatic nitrogens is 3. The first-order chi connectivity index (χ1) is 16.5. The van der Waals surface area contributed by atoms with Crippen LogP contribution in [0, 0.1) is 0 Å². The third-order valence-electron chi connectivity index (χ3n) is 5.01. The third kappa shape index (κ3) is 6.68. The number of carbonyl (C=O) groups is 1. The van der Waals surface area contributed by atoms with Crippen LogP contribution in [-0.2, 0) is 17.6 Å². The minimum absolute atomic E-state index is 0.133. The predicted molar refractivity (Wildman–Crippen MR) is 128 cm³/mol. The highest BCUT2D eigenvalue weighted by Gasteiger charge is 2.11. The van der Waals surface area contributed by atoms with Crippen molar-refractivity contribution in [3.63, 3.8) is 0 Å². The molecule has 0 radical (unpaired) electrons. The highest BCUT2D eigenvalue weighted by Crippen LogP contribution is 2.27. The summed E-state index contributed by atoms with van der Waals surface area (Å²) in [6, 6.07) is 12.8. The minimum Gasteiger partial charge on any atom is -0.493 e. The smallest absolute Gasteiger partial charge is 0.273 e. The van der Waals surface area contributed by atoms with Crippen LogP contribution in [0.3, 0.4) is 0 Å². The number of aromatic amines is 1. The molecule has 1 amide bonds. The molecule has 2 N–H and O–H groups in total. The maximum Gasteiger partial charge on any atom is 0.273 e. The Bertz CT molecular complexity index is 1190. The van der Waals surface area contributed by atoms with Crippen molar-refractivity contribution in [2.24, 2.45) is 0 Å². The van der Waals surface area contributed by atoms with Crippen molar-refractivity contribution in [2.45, 2.75) is 19.3 Å². The third-order valence-corrected chi connectivity index (χ3v) is 5.01. The summed E-state index contributed by atoms with van der Waals surface area (Å²) in [4.78, 5) is 27.4. The van der Waals surface area contributed by atoms with Gasteiger partial charge in [-0.25, -0.2) is 0 Å². The molecule has 0 unspecified atom stereocenters. The van der Waals surface area contributed by atoms with Crippen LogP contribution >= 0.6 is 0 Å². The molecule has 1 aromatic heterocycles. The van der Waals surface area contributed by atoms with Crippen LogP contribution in [0.15, 0.2) is 59.9 Å². The van der Waals surface area contributed by atoms with Crippen molar-refractivity contribution in [1.29, 1.82) is 0 Å². The van der Waals surface area contributed by atoms with Gasteiger partial charge in [-0.15, -0.1) is 10.2 Å². The number of aryl methyl sites for hydroxylation is 1. The zero-order chi connectivity index (χ0) is 24.3. The second-order valence-corrected chi connectivity index (χ2v) is 7.37. The van der Waals surface area contributed by atoms with Gasteiger partial charge in [0.05, 0.1) is 14.2 Å². The quantitative estimate of drug-likeness (QED) is 0.396. The molecule has 1 heterocycles. The fourth-order valence-electron chi connectivity index (χ4n) is 3.24. The van der Waals surface area contributed by atoms with Gasteiger partial charge in [0.2, 0.25) is 5.91 Å². The van der Waals surface area contributed by atoms with Gasteiger partial charge in [0, 0.05) is 24.9 Å². The van der Waals surface area contributed by atoms with Gasteiger partial charge in [0.25, 0.3) is 5.56 Å². The molecule has 0 saturated heterocycles. The van der Waals surface area contributed by atoms with E-state index in [9.17, 15) is 9.59 Å². The number of hydrogen-bond acceptors (Lipinski definition) is 7. The van der Waals surface area contributed by atoms with Gasteiger partial charge >= 0.3 is 0 Å². The molecule has 34 heavy (non-hydrogen) atoms. The second-order valence-electron chi connectivity index (χ2n) is 7.37. The summed E-state index contributed by atoms with van der Waals surface area (Å²) in [6.07, 6.45) is 2.60. The maximum atomic E-state index is 12.4. The van der Waals surface area contributed by atoms with Crippen molar-refractivity contribution in [1.82, 2.24) is 20.5 Å². The number of amides is 1. The lowest BCUT2D eigenvalue weighted by atomic mass is 10.1. The lowest BCUT2D eigenvalue weighted by Gasteiger charge is -2.10. The molecule has 0 spiro atoms. The number of carbonyl (C=O) groups excluding carboxylic acids is 1. The lowest BCUT2D eigenvalue weighted by molar-refractivity contribution is -0.121. The number of benzene rings is 2. The normalized spacial score (nSPS) is 10.4. The van der Waals surface area contributed by atoms with Crippen molar-refractivity contribution in [3.8, 4) is 28.6 Å². The topological polar surface area (TPSA) is 115 Å². The number of nitrogens with one attached hydrogen (secondary N) is 2. The summed E-state index contributed by atoms with van der Waals surface area (Å²) < 4.78 is 16.0. The standard InChI is InChI=1S/C25H28N4O5/c1-4-14-34-19-7-5-6-18(16-19)24-27-25(31)20(28-29-24)9-11-23(30)26-13-12-17-8-10-21(32-2)22(15-17)33-3/h4-8,10,15-16H,1,9,11-14H2,2-3H3,(H,26,30)(H,27,29,31). The Hall–Kier alpha value is -4.14. The van der Waals surface area contributed by atoms with E-state index in [1.165, 1.54) is 0 Å². The molecule has 0 aliphatic carbocycles. The molecule has 0 atom stereocenters. The summed E-state index contributed by atoms with van der Waals surface area (Å²) in [5, 5.41) is 11.0. The Morgan fingerprint density at radius 1 is 1.09 bits per heavy atom. The summed E-state index contributed by atoms with van der Waals surface area (Å²) in [7, 11) is 3.16. The monoisotopic (exact) mass is 464 g/mol. The molecule has 9 nitrogen and oxygen atoms in total. The first-order valence-electron chi connectivity index (χ1n) is 10.8. The van der Waals surface area contributed by atoms with Gasteiger partial charge in [0.1, 0.15) is 18.1 Å². The average Bonchev–Trinajstić information content (AvgIpc) is 2.86. The number of H-pyrrole nitrogens is 1. The van der Waals surface area contributed by atoms with Gasteiger partial charge in [-0.3, -0.25) is 9.59 Å². The van der Waals surface area contributed by atoms with E-state index in [1.807, 2.05) is 18.2 Å². The summed E-state index contributed by atoms with van der Waals surface area (Å²) in [5.41, 5.74) is 1.51. The van der Waals surface area contributed by atoms with Crippen molar-refractivity contribution >= 4 is 5.91 Å². The Morgan fingerprint density at radius 3 is 2.65 bits per heavy atom. The molecule has 0 fully saturated rings.